The van der Waals surface area contributed by atoms with Gasteiger partial charge in [-0.05, 0) is 37.3 Å². The molecule has 0 aliphatic carbocycles. The van der Waals surface area contributed by atoms with Gasteiger partial charge in [-0.3, -0.25) is 0 Å². The first-order valence-corrected chi connectivity index (χ1v) is 10.0. The Morgan fingerprint density at radius 1 is 0.630 bits per heavy atom. The number of aromatic nitrogens is 1. The van der Waals surface area contributed by atoms with Gasteiger partial charge in [0.25, 0.3) is 0 Å². The van der Waals surface area contributed by atoms with Crippen molar-refractivity contribution in [2.75, 3.05) is 0 Å². The Bertz CT molecular complexity index is 1430. The number of aryl methyl sites for hydroxylation is 1. The molecule has 0 spiro atoms. The normalized spacial score (nSPS) is 11.9. The summed E-state index contributed by atoms with van der Waals surface area (Å²) < 4.78 is 5.13. The number of fused-ring (bicyclic) bond motifs is 6. The Kier molecular flexibility index (Phi) is 3.03. The second-order valence-corrected chi connectivity index (χ2v) is 8.18. The third-order valence-electron chi connectivity index (χ3n) is 5.45. The lowest BCUT2D eigenvalue weighted by atomic mass is 10.1. The molecule has 0 bridgehead atoms. The van der Waals surface area contributed by atoms with Crippen LogP contribution in [0.3, 0.4) is 0 Å². The van der Waals surface area contributed by atoms with Gasteiger partial charge in [0.1, 0.15) is 0 Å². The highest BCUT2D eigenvalue weighted by Crippen LogP contribution is 2.40. The highest BCUT2D eigenvalue weighted by atomic mass is 32.1. The molecule has 1 nitrogen and oxygen atoms in total. The maximum Gasteiger partial charge on any atom is 0.0640 e. The zero-order valence-electron chi connectivity index (χ0n) is 14.9. The van der Waals surface area contributed by atoms with Gasteiger partial charge in [0, 0.05) is 26.2 Å². The van der Waals surface area contributed by atoms with Crippen LogP contribution in [-0.2, 0) is 0 Å². The zero-order valence-corrected chi connectivity index (χ0v) is 15.8. The summed E-state index contributed by atoms with van der Waals surface area (Å²) in [7, 11) is 0. The van der Waals surface area contributed by atoms with Crippen molar-refractivity contribution in [3.8, 4) is 5.69 Å². The van der Waals surface area contributed by atoms with Crippen molar-refractivity contribution in [1.82, 2.24) is 4.57 Å². The van der Waals surface area contributed by atoms with E-state index in [-0.39, 0.29) is 0 Å². The van der Waals surface area contributed by atoms with Gasteiger partial charge in [0.05, 0.1) is 21.4 Å². The first-order valence-electron chi connectivity index (χ1n) is 9.22. The fraction of sp³-hybridized carbons (Fsp3) is 0.0400. The SMILES string of the molecule is Cc1ccc2sc3c(-n4c5ccccc5c5ccccc54)cccc3c2c1. The van der Waals surface area contributed by atoms with E-state index in [0.29, 0.717) is 0 Å². The minimum absolute atomic E-state index is 1.26. The van der Waals surface area contributed by atoms with Crippen molar-refractivity contribution in [2.45, 2.75) is 6.92 Å². The largest absolute Gasteiger partial charge is 0.308 e. The molecule has 4 aromatic carbocycles. The molecule has 2 heterocycles. The molecule has 6 rings (SSSR count). The van der Waals surface area contributed by atoms with Crippen LogP contribution in [0.15, 0.2) is 84.9 Å². The summed E-state index contributed by atoms with van der Waals surface area (Å²) in [6.45, 7) is 2.17. The van der Waals surface area contributed by atoms with Crippen molar-refractivity contribution in [3.05, 3.63) is 90.5 Å². The van der Waals surface area contributed by atoms with Crippen molar-refractivity contribution in [2.24, 2.45) is 0 Å². The van der Waals surface area contributed by atoms with Gasteiger partial charge < -0.3 is 4.57 Å². The summed E-state index contributed by atoms with van der Waals surface area (Å²) in [5, 5.41) is 5.32. The average molecular weight is 363 g/mol. The molecule has 0 atom stereocenters. The molecule has 2 heteroatoms. The number of benzene rings is 4. The zero-order chi connectivity index (χ0) is 18.0. The lowest BCUT2D eigenvalue weighted by Crippen LogP contribution is -1.93. The Morgan fingerprint density at radius 2 is 1.30 bits per heavy atom. The number of nitrogens with zero attached hydrogens (tertiary/aromatic N) is 1. The molecular formula is C25H17NS. The Balaban J connectivity index is 1.82. The average Bonchev–Trinajstić information content (AvgIpc) is 3.24. The lowest BCUT2D eigenvalue weighted by Gasteiger charge is -2.09. The molecule has 2 aromatic heterocycles. The molecule has 0 radical (unpaired) electrons. The summed E-state index contributed by atoms with van der Waals surface area (Å²) in [6.07, 6.45) is 0. The van der Waals surface area contributed by atoms with Gasteiger partial charge in [-0.15, -0.1) is 11.3 Å². The van der Waals surface area contributed by atoms with E-state index in [9.17, 15) is 0 Å². The third-order valence-corrected chi connectivity index (χ3v) is 6.66. The number of hydrogen-bond donors (Lipinski definition) is 0. The van der Waals surface area contributed by atoms with Crippen molar-refractivity contribution in [3.63, 3.8) is 0 Å². The van der Waals surface area contributed by atoms with Gasteiger partial charge >= 0.3 is 0 Å². The van der Waals surface area contributed by atoms with Crippen LogP contribution in [0.5, 0.6) is 0 Å². The smallest absolute Gasteiger partial charge is 0.0640 e. The van der Waals surface area contributed by atoms with Crippen LogP contribution in [-0.4, -0.2) is 4.57 Å². The van der Waals surface area contributed by atoms with Crippen LogP contribution in [0, 0.1) is 6.92 Å². The van der Waals surface area contributed by atoms with E-state index >= 15 is 0 Å². The molecule has 0 aliphatic heterocycles. The van der Waals surface area contributed by atoms with Crippen molar-refractivity contribution >= 4 is 53.3 Å². The molecule has 0 N–H and O–H groups in total. The Hall–Kier alpha value is -3.10. The number of hydrogen-bond acceptors (Lipinski definition) is 1. The topological polar surface area (TPSA) is 4.93 Å². The van der Waals surface area contributed by atoms with Gasteiger partial charge in [-0.1, -0.05) is 60.2 Å². The summed E-state index contributed by atoms with van der Waals surface area (Å²) in [5.74, 6) is 0. The van der Waals surface area contributed by atoms with Crippen molar-refractivity contribution in [1.29, 1.82) is 0 Å². The number of para-hydroxylation sites is 2. The van der Waals surface area contributed by atoms with Gasteiger partial charge in [-0.25, -0.2) is 0 Å². The van der Waals surface area contributed by atoms with E-state index in [1.165, 1.54) is 53.2 Å². The highest BCUT2D eigenvalue weighted by molar-refractivity contribution is 7.26. The van der Waals surface area contributed by atoms with Crippen LogP contribution in [0.1, 0.15) is 5.56 Å². The number of rotatable bonds is 1. The molecule has 0 unspecified atom stereocenters. The molecule has 6 aromatic rings. The van der Waals surface area contributed by atoms with Crippen LogP contribution in [0.4, 0.5) is 0 Å². The maximum absolute atomic E-state index is 2.43. The first-order chi connectivity index (χ1) is 13.3. The predicted molar refractivity (Wildman–Crippen MR) is 118 cm³/mol. The van der Waals surface area contributed by atoms with Gasteiger partial charge in [0.15, 0.2) is 0 Å². The van der Waals surface area contributed by atoms with Crippen LogP contribution in [0.2, 0.25) is 0 Å². The standard InChI is InChI=1S/C25H17NS/c1-16-13-14-24-20(15-16)19-9-6-12-23(25(19)27-24)26-21-10-4-2-7-17(21)18-8-3-5-11-22(18)26/h2-15H,1H3. The monoisotopic (exact) mass is 363 g/mol. The highest BCUT2D eigenvalue weighted by Gasteiger charge is 2.15. The van der Waals surface area contributed by atoms with E-state index in [4.69, 9.17) is 0 Å². The molecule has 0 saturated carbocycles. The summed E-state index contributed by atoms with van der Waals surface area (Å²) in [5.41, 5.74) is 5.10. The minimum atomic E-state index is 1.26. The molecule has 0 saturated heterocycles. The molecule has 128 valence electrons. The van der Waals surface area contributed by atoms with E-state index in [0.717, 1.165) is 0 Å². The summed E-state index contributed by atoms with van der Waals surface area (Å²) in [6, 6.07) is 30.9. The van der Waals surface area contributed by atoms with E-state index in [1.54, 1.807) is 0 Å². The lowest BCUT2D eigenvalue weighted by molar-refractivity contribution is 1.20. The molecule has 0 amide bonds. The second kappa shape index (κ2) is 5.45. The van der Waals surface area contributed by atoms with Crippen LogP contribution >= 0.6 is 11.3 Å². The third kappa shape index (κ3) is 2.05. The van der Waals surface area contributed by atoms with Crippen molar-refractivity contribution < 1.29 is 0 Å². The van der Waals surface area contributed by atoms with Crippen LogP contribution < -0.4 is 0 Å². The molecule has 0 aliphatic rings. The van der Waals surface area contributed by atoms with E-state index < -0.39 is 0 Å². The fourth-order valence-corrected chi connectivity index (χ4v) is 5.44. The predicted octanol–water partition coefficient (Wildman–Crippen LogP) is 7.46. The number of thiophene rings is 1. The van der Waals surface area contributed by atoms with Gasteiger partial charge in [0.2, 0.25) is 0 Å². The second-order valence-electron chi connectivity index (χ2n) is 7.13. The Labute approximate surface area is 161 Å². The van der Waals surface area contributed by atoms with E-state index in [1.807, 2.05) is 11.3 Å². The Morgan fingerprint density at radius 3 is 2.04 bits per heavy atom. The summed E-state index contributed by atoms with van der Waals surface area (Å²) >= 11 is 1.89. The molecule has 0 fully saturated rings. The van der Waals surface area contributed by atoms with Gasteiger partial charge in [-0.2, -0.15) is 0 Å². The minimum Gasteiger partial charge on any atom is -0.308 e. The maximum atomic E-state index is 2.43. The first kappa shape index (κ1) is 15.0. The summed E-state index contributed by atoms with van der Waals surface area (Å²) in [4.78, 5) is 0. The molecular weight excluding hydrogens is 346 g/mol. The van der Waals surface area contributed by atoms with Crippen LogP contribution in [0.25, 0.3) is 47.7 Å². The quantitative estimate of drug-likeness (QED) is 0.286. The molecule has 27 heavy (non-hydrogen) atoms. The van der Waals surface area contributed by atoms with E-state index in [2.05, 4.69) is 96.4 Å². The fourth-order valence-electron chi connectivity index (χ4n) is 4.26.